The molecule has 5 heteroatoms. The highest BCUT2D eigenvalue weighted by Gasteiger charge is 2.21. The second-order valence-corrected chi connectivity index (χ2v) is 5.82. The maximum atomic E-state index is 5.94. The Labute approximate surface area is 130 Å². The predicted octanol–water partition coefficient (Wildman–Crippen LogP) is 2.92. The van der Waals surface area contributed by atoms with Crippen molar-refractivity contribution in [3.8, 4) is 0 Å². The lowest BCUT2D eigenvalue weighted by Crippen LogP contribution is -2.40. The van der Waals surface area contributed by atoms with Crippen LogP contribution in [0.3, 0.4) is 0 Å². The number of imidazole rings is 1. The number of benzene rings is 1. The van der Waals surface area contributed by atoms with Gasteiger partial charge in [-0.25, -0.2) is 4.98 Å². The van der Waals surface area contributed by atoms with E-state index in [4.69, 9.17) is 16.3 Å². The molecule has 1 aliphatic rings. The van der Waals surface area contributed by atoms with Gasteiger partial charge in [0, 0.05) is 43.6 Å². The van der Waals surface area contributed by atoms with E-state index in [2.05, 4.69) is 26.6 Å². The van der Waals surface area contributed by atoms with Gasteiger partial charge in [0.25, 0.3) is 0 Å². The summed E-state index contributed by atoms with van der Waals surface area (Å²) in [6.45, 7) is 6.71. The third-order valence-electron chi connectivity index (χ3n) is 3.97. The Balaban J connectivity index is 1.58. The first-order valence-corrected chi connectivity index (χ1v) is 7.67. The van der Waals surface area contributed by atoms with Crippen LogP contribution in [0.1, 0.15) is 17.5 Å². The Bertz CT molecular complexity index is 581. The van der Waals surface area contributed by atoms with Gasteiger partial charge in [0.05, 0.1) is 12.7 Å². The second kappa shape index (κ2) is 6.60. The lowest BCUT2D eigenvalue weighted by Gasteiger charge is -2.33. The quantitative estimate of drug-likeness (QED) is 0.870. The van der Waals surface area contributed by atoms with Crippen LogP contribution >= 0.6 is 11.6 Å². The Hall–Kier alpha value is -1.36. The van der Waals surface area contributed by atoms with E-state index in [1.165, 1.54) is 5.56 Å². The van der Waals surface area contributed by atoms with Crippen molar-refractivity contribution in [2.75, 3.05) is 26.2 Å². The molecule has 0 saturated carbocycles. The van der Waals surface area contributed by atoms with Crippen molar-refractivity contribution in [3.63, 3.8) is 0 Å². The van der Waals surface area contributed by atoms with Crippen LogP contribution in [0.25, 0.3) is 0 Å². The number of aryl methyl sites for hydroxylation is 1. The molecular weight excluding hydrogens is 286 g/mol. The number of ether oxygens (including phenoxy) is 1. The Kier molecular flexibility index (Phi) is 4.58. The van der Waals surface area contributed by atoms with Crippen molar-refractivity contribution in [3.05, 3.63) is 53.1 Å². The smallest absolute Gasteiger partial charge is 0.105 e. The van der Waals surface area contributed by atoms with E-state index in [1.54, 1.807) is 0 Å². The maximum absolute atomic E-state index is 5.94. The van der Waals surface area contributed by atoms with Crippen molar-refractivity contribution in [1.82, 2.24) is 14.5 Å². The molecule has 1 aromatic carbocycles. The molecule has 21 heavy (non-hydrogen) atoms. The first kappa shape index (κ1) is 14.6. The van der Waals surface area contributed by atoms with E-state index < -0.39 is 0 Å². The Morgan fingerprint density at radius 3 is 2.81 bits per heavy atom. The average molecular weight is 306 g/mol. The van der Waals surface area contributed by atoms with Gasteiger partial charge in [-0.1, -0.05) is 23.7 Å². The summed E-state index contributed by atoms with van der Waals surface area (Å²) in [5, 5.41) is 0.766. The van der Waals surface area contributed by atoms with E-state index in [0.29, 0.717) is 0 Å². The van der Waals surface area contributed by atoms with Gasteiger partial charge in [-0.2, -0.15) is 0 Å². The number of hydrogen-bond acceptors (Lipinski definition) is 3. The van der Waals surface area contributed by atoms with E-state index in [0.717, 1.165) is 43.6 Å². The third-order valence-corrected chi connectivity index (χ3v) is 4.23. The monoisotopic (exact) mass is 305 g/mol. The molecule has 1 aromatic heterocycles. The number of aromatic nitrogens is 2. The largest absolute Gasteiger partial charge is 0.371 e. The van der Waals surface area contributed by atoms with Crippen LogP contribution in [0.5, 0.6) is 0 Å². The molecule has 112 valence electrons. The molecule has 3 rings (SSSR count). The zero-order valence-corrected chi connectivity index (χ0v) is 13.0. The number of halogens is 1. The molecule has 0 aliphatic carbocycles. The molecule has 0 spiro atoms. The molecule has 2 heterocycles. The van der Waals surface area contributed by atoms with Gasteiger partial charge in [0.1, 0.15) is 5.82 Å². The first-order chi connectivity index (χ1) is 10.2. The molecule has 0 N–H and O–H groups in total. The summed E-state index contributed by atoms with van der Waals surface area (Å²) in [5.41, 5.74) is 1.20. The normalized spacial score (nSPS) is 19.8. The Morgan fingerprint density at radius 2 is 2.10 bits per heavy atom. The highest BCUT2D eigenvalue weighted by Crippen LogP contribution is 2.23. The minimum Gasteiger partial charge on any atom is -0.371 e. The van der Waals surface area contributed by atoms with Gasteiger partial charge in [-0.05, 0) is 24.6 Å². The topological polar surface area (TPSA) is 30.3 Å². The van der Waals surface area contributed by atoms with Crippen molar-refractivity contribution in [2.24, 2.45) is 0 Å². The van der Waals surface area contributed by atoms with Crippen LogP contribution in [-0.2, 0) is 11.3 Å². The van der Waals surface area contributed by atoms with E-state index >= 15 is 0 Å². The van der Waals surface area contributed by atoms with Crippen LogP contribution in [0, 0.1) is 6.92 Å². The van der Waals surface area contributed by atoms with Gasteiger partial charge in [0.2, 0.25) is 0 Å². The van der Waals surface area contributed by atoms with E-state index in [-0.39, 0.29) is 6.10 Å². The molecule has 1 fully saturated rings. The lowest BCUT2D eigenvalue weighted by molar-refractivity contribution is -0.0308. The van der Waals surface area contributed by atoms with E-state index in [1.807, 2.05) is 31.5 Å². The first-order valence-electron chi connectivity index (χ1n) is 7.29. The van der Waals surface area contributed by atoms with Crippen molar-refractivity contribution in [2.45, 2.75) is 19.6 Å². The molecule has 0 bridgehead atoms. The molecular formula is C16H20ClN3O. The van der Waals surface area contributed by atoms with Crippen LogP contribution < -0.4 is 0 Å². The van der Waals surface area contributed by atoms with Gasteiger partial charge in [-0.15, -0.1) is 0 Å². The molecule has 1 unspecified atom stereocenters. The minimum atomic E-state index is 0.139. The molecule has 0 radical (unpaired) electrons. The van der Waals surface area contributed by atoms with Crippen LogP contribution in [0.15, 0.2) is 36.7 Å². The summed E-state index contributed by atoms with van der Waals surface area (Å²) >= 11 is 5.94. The predicted molar refractivity (Wildman–Crippen MR) is 83.5 cm³/mol. The summed E-state index contributed by atoms with van der Waals surface area (Å²) in [6.07, 6.45) is 4.03. The van der Waals surface area contributed by atoms with Crippen molar-refractivity contribution in [1.29, 1.82) is 0 Å². The summed E-state index contributed by atoms with van der Waals surface area (Å²) < 4.78 is 8.08. The van der Waals surface area contributed by atoms with Crippen molar-refractivity contribution >= 4 is 11.6 Å². The van der Waals surface area contributed by atoms with E-state index in [9.17, 15) is 0 Å². The summed E-state index contributed by atoms with van der Waals surface area (Å²) in [5.74, 6) is 1.07. The van der Waals surface area contributed by atoms with Crippen LogP contribution in [0.4, 0.5) is 0 Å². The van der Waals surface area contributed by atoms with Crippen molar-refractivity contribution < 1.29 is 4.74 Å². The summed E-state index contributed by atoms with van der Waals surface area (Å²) in [6, 6.07) is 7.95. The molecule has 2 aromatic rings. The zero-order valence-electron chi connectivity index (χ0n) is 12.2. The summed E-state index contributed by atoms with van der Waals surface area (Å²) in [7, 11) is 0. The minimum absolute atomic E-state index is 0.139. The van der Waals surface area contributed by atoms with Gasteiger partial charge >= 0.3 is 0 Å². The SMILES string of the molecule is Cc1nccn1CCN1CCOC(c2ccc(Cl)cc2)C1. The third kappa shape index (κ3) is 3.64. The Morgan fingerprint density at radius 1 is 1.29 bits per heavy atom. The fourth-order valence-corrected chi connectivity index (χ4v) is 2.80. The zero-order chi connectivity index (χ0) is 14.7. The molecule has 1 aliphatic heterocycles. The molecule has 0 amide bonds. The van der Waals surface area contributed by atoms with Crippen LogP contribution in [-0.4, -0.2) is 40.7 Å². The molecule has 1 saturated heterocycles. The van der Waals surface area contributed by atoms with Gasteiger partial charge in [-0.3, -0.25) is 4.90 Å². The number of nitrogens with zero attached hydrogens (tertiary/aromatic N) is 3. The number of hydrogen-bond donors (Lipinski definition) is 0. The highest BCUT2D eigenvalue weighted by molar-refractivity contribution is 6.30. The average Bonchev–Trinajstić information content (AvgIpc) is 2.91. The molecule has 4 nitrogen and oxygen atoms in total. The van der Waals surface area contributed by atoms with Gasteiger partial charge in [0.15, 0.2) is 0 Å². The molecule has 1 atom stereocenters. The standard InChI is InChI=1S/C16H20ClN3O/c1-13-18-6-7-20(13)9-8-19-10-11-21-16(12-19)14-2-4-15(17)5-3-14/h2-7,16H,8-12H2,1H3. The lowest BCUT2D eigenvalue weighted by atomic mass is 10.1. The maximum Gasteiger partial charge on any atom is 0.105 e. The highest BCUT2D eigenvalue weighted by atomic mass is 35.5. The number of morpholine rings is 1. The van der Waals surface area contributed by atoms with Crippen LogP contribution in [0.2, 0.25) is 5.02 Å². The fraction of sp³-hybridized carbons (Fsp3) is 0.438. The van der Waals surface area contributed by atoms with Gasteiger partial charge < -0.3 is 9.30 Å². The second-order valence-electron chi connectivity index (χ2n) is 5.38. The number of rotatable bonds is 4. The summed E-state index contributed by atoms with van der Waals surface area (Å²) in [4.78, 5) is 6.71. The fourth-order valence-electron chi connectivity index (χ4n) is 2.67.